The summed E-state index contributed by atoms with van der Waals surface area (Å²) in [5, 5.41) is 72.4. The first-order chi connectivity index (χ1) is 30.2. The maximum absolute atomic E-state index is 16.0. The second-order valence-corrected chi connectivity index (χ2v) is 21.5. The van der Waals surface area contributed by atoms with Crippen LogP contribution in [0, 0.1) is 52.3 Å². The zero-order chi connectivity index (χ0) is 48.8. The van der Waals surface area contributed by atoms with Crippen molar-refractivity contribution in [3.8, 4) is 0 Å². The number of nitrogens with one attached hydrogen (secondary N) is 1. The number of cyclic esters (lactones) is 1. The molecule has 0 aromatic carbocycles. The van der Waals surface area contributed by atoms with Crippen LogP contribution in [0.1, 0.15) is 114 Å². The number of rotatable bonds is 10. The minimum absolute atomic E-state index is 0.0714. The van der Waals surface area contributed by atoms with Gasteiger partial charge in [-0.25, -0.2) is 9.18 Å². The van der Waals surface area contributed by atoms with E-state index in [0.717, 1.165) is 0 Å². The Morgan fingerprint density at radius 2 is 1.63 bits per heavy atom. The van der Waals surface area contributed by atoms with E-state index < -0.39 is 112 Å². The fourth-order valence-electron chi connectivity index (χ4n) is 13.3. The normalized spacial score (nSPS) is 46.4. The first-order valence-electron chi connectivity index (χ1n) is 23.9. The number of aliphatic hydroxyl groups is 6. The Morgan fingerprint density at radius 1 is 0.969 bits per heavy atom. The van der Waals surface area contributed by atoms with Crippen molar-refractivity contribution in [2.45, 2.75) is 174 Å². The van der Waals surface area contributed by atoms with Crippen molar-refractivity contribution in [3.05, 3.63) is 23.8 Å². The zero-order valence-electron chi connectivity index (χ0n) is 40.5. The molecule has 1 heterocycles. The summed E-state index contributed by atoms with van der Waals surface area (Å²) in [6.45, 7) is 18.2. The molecule has 15 nitrogen and oxygen atoms in total. The van der Waals surface area contributed by atoms with Gasteiger partial charge >= 0.3 is 17.9 Å². The van der Waals surface area contributed by atoms with Crippen LogP contribution >= 0.6 is 0 Å². The highest BCUT2D eigenvalue weighted by Crippen LogP contribution is 2.69. The van der Waals surface area contributed by atoms with E-state index in [1.165, 1.54) is 40.0 Å². The number of ketones is 1. The number of halogens is 1. The quantitative estimate of drug-likeness (QED) is 0.0948. The van der Waals surface area contributed by atoms with Gasteiger partial charge in [-0.3, -0.25) is 19.3 Å². The molecule has 0 aromatic rings. The maximum atomic E-state index is 16.0. The molecule has 3 unspecified atom stereocenters. The molecular formula is C49H79FN2O13. The molecule has 5 aliphatic rings. The molecule has 19 atom stereocenters. The molecule has 7 N–H and O–H groups in total. The van der Waals surface area contributed by atoms with Crippen LogP contribution in [0.2, 0.25) is 0 Å². The second kappa shape index (κ2) is 20.0. The number of carbonyl (C=O) groups is 4. The van der Waals surface area contributed by atoms with E-state index >= 15 is 4.39 Å². The Balaban J connectivity index is 1.26. The molecule has 3 saturated carbocycles. The van der Waals surface area contributed by atoms with E-state index in [-0.39, 0.29) is 62.2 Å². The third kappa shape index (κ3) is 9.75. The number of esters is 3. The Kier molecular flexibility index (Phi) is 16.4. The predicted octanol–water partition coefficient (Wildman–Crippen LogP) is 3.19. The molecule has 5 rings (SSSR count). The van der Waals surface area contributed by atoms with Gasteiger partial charge in [-0.15, -0.1) is 0 Å². The summed E-state index contributed by atoms with van der Waals surface area (Å²) in [5.74, 6) is -6.28. The molecule has 0 spiro atoms. The number of hydrogen-bond acceptors (Lipinski definition) is 15. The molecule has 4 aliphatic carbocycles. The number of allylic oxidation sites excluding steroid dienone is 4. The van der Waals surface area contributed by atoms with Gasteiger partial charge in [-0.05, 0) is 115 Å². The number of nitrogens with zero attached hydrogens (tertiary/aromatic N) is 1. The summed E-state index contributed by atoms with van der Waals surface area (Å²) in [6.07, 6.45) is -1.85. The largest absolute Gasteiger partial charge is 0.466 e. The highest BCUT2D eigenvalue weighted by atomic mass is 19.1. The van der Waals surface area contributed by atoms with Crippen LogP contribution in [0.15, 0.2) is 23.8 Å². The molecule has 0 radical (unpaired) electrons. The third-order valence-electron chi connectivity index (χ3n) is 16.9. The average molecular weight is 923 g/mol. The van der Waals surface area contributed by atoms with Gasteiger partial charge in [0.25, 0.3) is 0 Å². The summed E-state index contributed by atoms with van der Waals surface area (Å²) in [5.41, 5.74) is -6.88. The van der Waals surface area contributed by atoms with Crippen LogP contribution in [-0.4, -0.2) is 152 Å². The molecule has 1 saturated heterocycles. The van der Waals surface area contributed by atoms with Crippen molar-refractivity contribution in [1.29, 1.82) is 0 Å². The van der Waals surface area contributed by atoms with E-state index in [1.807, 2.05) is 32.6 Å². The summed E-state index contributed by atoms with van der Waals surface area (Å²) in [4.78, 5) is 55.3. The Hall–Kier alpha value is -2.83. The number of aliphatic hydroxyl groups excluding tert-OH is 4. The number of alkyl halides is 1. The lowest BCUT2D eigenvalue weighted by atomic mass is 9.46. The SMILES string of the molecule is CC[C@H]1OC(=O)[C@H](C)[C@@H](O)[C@H](C)[C@@H](O)[C@](C)(O)C[C@@H](C)CN(CCCNCCC(=O)O[C@]2(C(=O)OC)[C@H](C)CC3C4C[C@H](F)C5=CC(=O)C=C[C@]5(C)C4[C@@H](O)C[C@@]32C)[C@H](C)[C@@H](O)[C@]1(C)O. The van der Waals surface area contributed by atoms with Crippen LogP contribution < -0.4 is 5.32 Å². The van der Waals surface area contributed by atoms with Gasteiger partial charge in [0.1, 0.15) is 24.0 Å². The van der Waals surface area contributed by atoms with Crippen LogP contribution in [0.4, 0.5) is 4.39 Å². The standard InChI is InChI=1S/C49H79FN2O13/c1-12-37-48(10,62)42(58)30(6)52(25-26(2)23-47(9,61)41(57)28(4)40(56)29(5)43(59)64-37)19-13-17-51-18-15-38(55)65-49(44(60)63-11)27(3)20-33-32-22-35(50)34-21-31(53)14-16-45(34,7)39(32)36(54)24-46(33,49)8/h14,16,21,26-30,32-33,35-37,39-42,51,54,56-58,61-62H,12-13,15,17-20,22-25H2,1-11H3/t26-,27-,28+,29-,30-,32?,33?,35+,36+,37-,39?,40+,41-,42-,45+,46+,47-,48-,49+/m1/s1. The topological polar surface area (TPSA) is 233 Å². The van der Waals surface area contributed by atoms with Crippen molar-refractivity contribution >= 4 is 23.7 Å². The maximum Gasteiger partial charge on any atom is 0.351 e. The van der Waals surface area contributed by atoms with Crippen molar-refractivity contribution in [2.24, 2.45) is 52.3 Å². The molecular weight excluding hydrogens is 844 g/mol. The first-order valence-corrected chi connectivity index (χ1v) is 23.9. The van der Waals surface area contributed by atoms with E-state index in [2.05, 4.69) is 5.32 Å². The van der Waals surface area contributed by atoms with E-state index in [4.69, 9.17) is 14.2 Å². The third-order valence-corrected chi connectivity index (χ3v) is 16.9. The van der Waals surface area contributed by atoms with E-state index in [1.54, 1.807) is 26.8 Å². The highest BCUT2D eigenvalue weighted by molar-refractivity contribution is 6.01. The fraction of sp³-hybridized carbons (Fsp3) is 0.837. The van der Waals surface area contributed by atoms with E-state index in [0.29, 0.717) is 38.0 Å². The van der Waals surface area contributed by atoms with Crippen molar-refractivity contribution in [3.63, 3.8) is 0 Å². The molecule has 0 amide bonds. The number of methoxy groups -OCH3 is 1. The highest BCUT2D eigenvalue weighted by Gasteiger charge is 2.74. The number of ether oxygens (including phenoxy) is 3. The fourth-order valence-corrected chi connectivity index (χ4v) is 13.3. The lowest BCUT2D eigenvalue weighted by Gasteiger charge is -2.60. The van der Waals surface area contributed by atoms with Gasteiger partial charge in [0.2, 0.25) is 5.60 Å². The number of fused-ring (bicyclic) bond motifs is 5. The summed E-state index contributed by atoms with van der Waals surface area (Å²) >= 11 is 0. The van der Waals surface area contributed by atoms with Crippen LogP contribution in [0.25, 0.3) is 0 Å². The summed E-state index contributed by atoms with van der Waals surface area (Å²) < 4.78 is 33.4. The Bertz CT molecular complexity index is 1810. The minimum atomic E-state index is -1.89. The smallest absolute Gasteiger partial charge is 0.351 e. The molecule has 65 heavy (non-hydrogen) atoms. The Morgan fingerprint density at radius 3 is 2.26 bits per heavy atom. The van der Waals surface area contributed by atoms with Crippen molar-refractivity contribution in [2.75, 3.05) is 33.3 Å². The predicted molar refractivity (Wildman–Crippen MR) is 238 cm³/mol. The van der Waals surface area contributed by atoms with Crippen LogP contribution in [0.5, 0.6) is 0 Å². The zero-order valence-corrected chi connectivity index (χ0v) is 40.5. The summed E-state index contributed by atoms with van der Waals surface area (Å²) in [6, 6.07) is -0.673. The molecule has 0 aromatic heterocycles. The number of hydrogen-bond donors (Lipinski definition) is 7. The second-order valence-electron chi connectivity index (χ2n) is 21.5. The monoisotopic (exact) mass is 923 g/mol. The van der Waals surface area contributed by atoms with Gasteiger partial charge < -0.3 is 50.2 Å². The summed E-state index contributed by atoms with van der Waals surface area (Å²) in [7, 11) is 1.24. The van der Waals surface area contributed by atoms with Crippen molar-refractivity contribution in [1.82, 2.24) is 10.2 Å². The average Bonchev–Trinajstić information content (AvgIpc) is 3.46. The minimum Gasteiger partial charge on any atom is -0.466 e. The molecule has 4 fully saturated rings. The molecule has 16 heteroatoms. The van der Waals surface area contributed by atoms with Gasteiger partial charge in [-0.1, -0.05) is 47.6 Å². The van der Waals surface area contributed by atoms with Crippen LogP contribution in [0.3, 0.4) is 0 Å². The van der Waals surface area contributed by atoms with Crippen molar-refractivity contribution < 1.29 is 68.4 Å². The van der Waals surface area contributed by atoms with Crippen LogP contribution in [-0.2, 0) is 33.4 Å². The first kappa shape index (κ1) is 53.1. The lowest BCUT2D eigenvalue weighted by Crippen LogP contribution is -2.64. The molecule has 0 bridgehead atoms. The lowest BCUT2D eigenvalue weighted by molar-refractivity contribution is -0.217. The van der Waals surface area contributed by atoms with E-state index in [9.17, 15) is 49.8 Å². The number of carbonyl (C=O) groups excluding carboxylic acids is 4. The van der Waals surface area contributed by atoms with Gasteiger partial charge in [0.05, 0.1) is 43.4 Å². The Labute approximate surface area is 384 Å². The van der Waals surface area contributed by atoms with Gasteiger partial charge in [0.15, 0.2) is 5.78 Å². The molecule has 370 valence electrons. The van der Waals surface area contributed by atoms with Gasteiger partial charge in [-0.2, -0.15) is 0 Å². The molecule has 1 aliphatic heterocycles. The van der Waals surface area contributed by atoms with Gasteiger partial charge in [0, 0.05) is 47.7 Å².